The Morgan fingerprint density at radius 3 is 1.31 bits per heavy atom. The largest absolute Gasteiger partial charge is 0.330 e. The van der Waals surface area contributed by atoms with Crippen LogP contribution in [0.5, 0.6) is 0 Å². The van der Waals surface area contributed by atoms with Gasteiger partial charge in [-0.25, -0.2) is 0 Å². The Bertz CT molecular complexity index is 93.7. The van der Waals surface area contributed by atoms with Crippen LogP contribution in [-0.2, 0) is 0 Å². The fourth-order valence-corrected chi connectivity index (χ4v) is 1.08. The lowest BCUT2D eigenvalue weighted by Crippen LogP contribution is -2.21. The van der Waals surface area contributed by atoms with Gasteiger partial charge in [0.15, 0.2) is 0 Å². The molecule has 3 nitrogen and oxygen atoms in total. The predicted molar refractivity (Wildman–Crippen MR) is 80.2 cm³/mol. The molecule has 104 valence electrons. The zero-order valence-corrected chi connectivity index (χ0v) is 13.2. The molecule has 16 heavy (non-hydrogen) atoms. The summed E-state index contributed by atoms with van der Waals surface area (Å²) in [7, 11) is 4.10. The van der Waals surface area contributed by atoms with E-state index in [9.17, 15) is 0 Å². The van der Waals surface area contributed by atoms with E-state index in [1.165, 1.54) is 19.6 Å². The number of nitrogens with two attached hydrogens (primary N) is 1. The van der Waals surface area contributed by atoms with Gasteiger partial charge in [0, 0.05) is 0 Å². The lowest BCUT2D eigenvalue weighted by Gasteiger charge is -2.13. The molecule has 0 aromatic carbocycles. The van der Waals surface area contributed by atoms with E-state index in [4.69, 9.17) is 5.73 Å². The molecular formula is C11H31Cl2N3. The van der Waals surface area contributed by atoms with Crippen LogP contribution in [-0.4, -0.2) is 56.6 Å². The molecule has 0 amide bonds. The van der Waals surface area contributed by atoms with Crippen molar-refractivity contribution in [2.45, 2.75) is 27.2 Å². The molecule has 0 saturated heterocycles. The highest BCUT2D eigenvalue weighted by Gasteiger charge is 1.89. The van der Waals surface area contributed by atoms with E-state index in [1.807, 2.05) is 0 Å². The summed E-state index contributed by atoms with van der Waals surface area (Å²) in [5.74, 6) is 0. The van der Waals surface area contributed by atoms with Gasteiger partial charge in [0.2, 0.25) is 0 Å². The van der Waals surface area contributed by atoms with Crippen molar-refractivity contribution in [3.05, 3.63) is 0 Å². The van der Waals surface area contributed by atoms with E-state index in [0.29, 0.717) is 0 Å². The molecule has 0 spiro atoms. The van der Waals surface area contributed by atoms with Crippen LogP contribution in [0.15, 0.2) is 0 Å². The molecule has 0 rings (SSSR count). The molecule has 0 bridgehead atoms. The fraction of sp³-hybridized carbons (Fsp3) is 1.00. The first-order chi connectivity index (χ1) is 6.62. The highest BCUT2D eigenvalue weighted by atomic mass is 35.5. The monoisotopic (exact) mass is 275 g/mol. The number of nitrogens with zero attached hydrogens (tertiary/aromatic N) is 2. The molecule has 0 heterocycles. The van der Waals surface area contributed by atoms with E-state index in [1.54, 1.807) is 0 Å². The van der Waals surface area contributed by atoms with Crippen LogP contribution >= 0.6 is 24.8 Å². The van der Waals surface area contributed by atoms with E-state index in [-0.39, 0.29) is 24.8 Å². The van der Waals surface area contributed by atoms with Gasteiger partial charge in [-0.05, 0) is 53.2 Å². The second-order valence-electron chi connectivity index (χ2n) is 3.57. The predicted octanol–water partition coefficient (Wildman–Crippen LogP) is 2.09. The number of hydrogen-bond donors (Lipinski definition) is 1. The van der Waals surface area contributed by atoms with Gasteiger partial charge in [-0.2, -0.15) is 0 Å². The molecular weight excluding hydrogens is 245 g/mol. The van der Waals surface area contributed by atoms with Crippen LogP contribution in [0.1, 0.15) is 27.2 Å². The minimum Gasteiger partial charge on any atom is -0.330 e. The number of rotatable bonds is 6. The standard InChI is InChI=1S/C6H15N.C5H14N2.2ClH/c1-4-7(5-2)6-3;1-7(2)5-3-4-6;;/h4-6H2,1-3H3;3-6H2,1-2H3;2*1H. The van der Waals surface area contributed by atoms with Gasteiger partial charge in [-0.3, -0.25) is 0 Å². The molecule has 0 fully saturated rings. The summed E-state index contributed by atoms with van der Waals surface area (Å²) in [6.45, 7) is 12.0. The molecule has 0 aliphatic carbocycles. The summed E-state index contributed by atoms with van der Waals surface area (Å²) < 4.78 is 0. The Morgan fingerprint density at radius 2 is 1.25 bits per heavy atom. The average molecular weight is 276 g/mol. The second kappa shape index (κ2) is 20.8. The molecule has 0 atom stereocenters. The zero-order valence-electron chi connectivity index (χ0n) is 11.5. The van der Waals surface area contributed by atoms with Crippen LogP contribution in [0.2, 0.25) is 0 Å². The normalized spacial score (nSPS) is 9.00. The van der Waals surface area contributed by atoms with Crippen LogP contribution in [0.3, 0.4) is 0 Å². The second-order valence-corrected chi connectivity index (χ2v) is 3.57. The summed E-state index contributed by atoms with van der Waals surface area (Å²) in [6, 6.07) is 0. The summed E-state index contributed by atoms with van der Waals surface area (Å²) in [6.07, 6.45) is 1.10. The van der Waals surface area contributed by atoms with Crippen LogP contribution in [0.4, 0.5) is 0 Å². The summed E-state index contributed by atoms with van der Waals surface area (Å²) in [5.41, 5.74) is 5.25. The minimum atomic E-state index is 0. The van der Waals surface area contributed by atoms with Gasteiger partial charge in [0.05, 0.1) is 0 Å². The van der Waals surface area contributed by atoms with Crippen LogP contribution in [0, 0.1) is 0 Å². The first-order valence-electron chi connectivity index (χ1n) is 5.69. The van der Waals surface area contributed by atoms with Gasteiger partial charge in [0.1, 0.15) is 0 Å². The molecule has 0 radical (unpaired) electrons. The van der Waals surface area contributed by atoms with E-state index in [2.05, 4.69) is 44.7 Å². The Balaban J connectivity index is -0.0000000800. The van der Waals surface area contributed by atoms with Gasteiger partial charge in [-0.15, -0.1) is 24.8 Å². The first kappa shape index (κ1) is 25.3. The maximum atomic E-state index is 5.25. The van der Waals surface area contributed by atoms with Crippen molar-refractivity contribution in [3.8, 4) is 0 Å². The fourth-order valence-electron chi connectivity index (χ4n) is 1.08. The maximum absolute atomic E-state index is 5.25. The summed E-state index contributed by atoms with van der Waals surface area (Å²) >= 11 is 0. The van der Waals surface area contributed by atoms with E-state index >= 15 is 0 Å². The van der Waals surface area contributed by atoms with Crippen molar-refractivity contribution in [2.75, 3.05) is 46.8 Å². The molecule has 0 aliphatic heterocycles. The Morgan fingerprint density at radius 1 is 0.875 bits per heavy atom. The van der Waals surface area contributed by atoms with Crippen molar-refractivity contribution in [1.29, 1.82) is 0 Å². The van der Waals surface area contributed by atoms with E-state index < -0.39 is 0 Å². The highest BCUT2D eigenvalue weighted by Crippen LogP contribution is 1.81. The van der Waals surface area contributed by atoms with Crippen molar-refractivity contribution in [1.82, 2.24) is 9.80 Å². The summed E-state index contributed by atoms with van der Waals surface area (Å²) in [4.78, 5) is 4.51. The molecule has 0 aliphatic rings. The lowest BCUT2D eigenvalue weighted by atomic mass is 10.4. The van der Waals surface area contributed by atoms with Crippen molar-refractivity contribution in [3.63, 3.8) is 0 Å². The quantitative estimate of drug-likeness (QED) is 0.806. The lowest BCUT2D eigenvalue weighted by molar-refractivity contribution is 0.321. The average Bonchev–Trinajstić information content (AvgIpc) is 2.18. The van der Waals surface area contributed by atoms with Gasteiger partial charge >= 0.3 is 0 Å². The maximum Gasteiger partial charge on any atom is -0.00128 e. The van der Waals surface area contributed by atoms with Crippen LogP contribution < -0.4 is 5.73 Å². The molecule has 0 saturated carbocycles. The minimum absolute atomic E-state index is 0. The molecule has 2 N–H and O–H groups in total. The van der Waals surface area contributed by atoms with Gasteiger partial charge < -0.3 is 15.5 Å². The van der Waals surface area contributed by atoms with Crippen molar-refractivity contribution < 1.29 is 0 Å². The van der Waals surface area contributed by atoms with Crippen molar-refractivity contribution >= 4 is 24.8 Å². The third-order valence-electron chi connectivity index (χ3n) is 2.15. The summed E-state index contributed by atoms with van der Waals surface area (Å²) in [5, 5.41) is 0. The molecule has 5 heteroatoms. The molecule has 0 aromatic rings. The smallest absolute Gasteiger partial charge is 0.00128 e. The SMILES string of the molecule is CCN(CC)CC.CN(C)CCCN.Cl.Cl. The Hall–Kier alpha value is 0.460. The number of halogens is 2. The molecule has 0 unspecified atom stereocenters. The Kier molecular flexibility index (Phi) is 33.0. The molecule has 0 aromatic heterocycles. The first-order valence-corrected chi connectivity index (χ1v) is 5.69. The Labute approximate surface area is 115 Å². The van der Waals surface area contributed by atoms with Crippen LogP contribution in [0.25, 0.3) is 0 Å². The topological polar surface area (TPSA) is 32.5 Å². The van der Waals surface area contributed by atoms with Crippen molar-refractivity contribution in [2.24, 2.45) is 5.73 Å². The van der Waals surface area contributed by atoms with Gasteiger partial charge in [0.25, 0.3) is 0 Å². The van der Waals surface area contributed by atoms with E-state index in [0.717, 1.165) is 19.5 Å². The zero-order chi connectivity index (χ0) is 11.4. The van der Waals surface area contributed by atoms with Gasteiger partial charge in [-0.1, -0.05) is 20.8 Å². The highest BCUT2D eigenvalue weighted by molar-refractivity contribution is 5.85. The number of hydrogen-bond acceptors (Lipinski definition) is 3. The third-order valence-corrected chi connectivity index (χ3v) is 2.15. The third kappa shape index (κ3) is 23.9.